The summed E-state index contributed by atoms with van der Waals surface area (Å²) in [6.45, 7) is 8.11. The Morgan fingerprint density at radius 3 is 2.67 bits per heavy atom. The van der Waals surface area contributed by atoms with Gasteiger partial charge in [-0.1, -0.05) is 38.8 Å². The Hall–Kier alpha value is -0.260. The van der Waals surface area contributed by atoms with E-state index in [2.05, 4.69) is 32.9 Å². The first kappa shape index (κ1) is 8.74. The SMILES string of the molecule is [CH2]CCCC(C)/C=C/C. The molecule has 0 N–H and O–H groups in total. The Balaban J connectivity index is 3.15. The van der Waals surface area contributed by atoms with E-state index in [0.717, 1.165) is 12.3 Å². The van der Waals surface area contributed by atoms with Gasteiger partial charge in [0, 0.05) is 0 Å². The summed E-state index contributed by atoms with van der Waals surface area (Å²) in [5, 5.41) is 0. The summed E-state index contributed by atoms with van der Waals surface area (Å²) in [5.41, 5.74) is 0. The van der Waals surface area contributed by atoms with Crippen molar-refractivity contribution in [2.45, 2.75) is 33.1 Å². The van der Waals surface area contributed by atoms with Gasteiger partial charge in [0.05, 0.1) is 0 Å². The van der Waals surface area contributed by atoms with Crippen molar-refractivity contribution < 1.29 is 0 Å². The highest BCUT2D eigenvalue weighted by Crippen LogP contribution is 2.07. The molecule has 1 radical (unpaired) electrons. The molecule has 53 valence electrons. The zero-order valence-corrected chi connectivity index (χ0v) is 6.56. The van der Waals surface area contributed by atoms with E-state index in [-0.39, 0.29) is 0 Å². The minimum absolute atomic E-state index is 0.747. The molecule has 0 amide bonds. The second-order valence-corrected chi connectivity index (χ2v) is 2.50. The summed E-state index contributed by atoms with van der Waals surface area (Å²) >= 11 is 0. The molecule has 9 heavy (non-hydrogen) atoms. The van der Waals surface area contributed by atoms with Crippen molar-refractivity contribution in [2.24, 2.45) is 5.92 Å². The van der Waals surface area contributed by atoms with Gasteiger partial charge in [-0.3, -0.25) is 0 Å². The van der Waals surface area contributed by atoms with E-state index in [1.54, 1.807) is 0 Å². The minimum atomic E-state index is 0.747. The van der Waals surface area contributed by atoms with E-state index in [1.807, 2.05) is 0 Å². The molecule has 0 aromatic rings. The molecule has 0 fully saturated rings. The third-order valence-corrected chi connectivity index (χ3v) is 1.43. The molecule has 0 bridgehead atoms. The molecular formula is C9H17. The Morgan fingerprint density at radius 1 is 1.56 bits per heavy atom. The number of rotatable bonds is 4. The molecule has 1 atom stereocenters. The Morgan fingerprint density at radius 2 is 2.22 bits per heavy atom. The highest BCUT2D eigenvalue weighted by Gasteiger charge is 1.92. The van der Waals surface area contributed by atoms with Crippen molar-refractivity contribution in [3.63, 3.8) is 0 Å². The van der Waals surface area contributed by atoms with Crippen LogP contribution in [0, 0.1) is 12.8 Å². The molecule has 0 heteroatoms. The van der Waals surface area contributed by atoms with Crippen molar-refractivity contribution in [3.8, 4) is 0 Å². The Bertz CT molecular complexity index is 72.1. The normalized spacial score (nSPS) is 14.6. The lowest BCUT2D eigenvalue weighted by molar-refractivity contribution is 0.611. The van der Waals surface area contributed by atoms with Gasteiger partial charge in [-0.05, 0) is 19.3 Å². The molecule has 0 saturated carbocycles. The van der Waals surface area contributed by atoms with Crippen LogP contribution in [-0.2, 0) is 0 Å². The molecule has 0 rings (SSSR count). The van der Waals surface area contributed by atoms with Crippen molar-refractivity contribution >= 4 is 0 Å². The molecule has 0 aliphatic heterocycles. The minimum Gasteiger partial charge on any atom is -0.0914 e. The van der Waals surface area contributed by atoms with Crippen LogP contribution in [0.15, 0.2) is 12.2 Å². The molecule has 0 heterocycles. The molecule has 0 saturated heterocycles. The molecule has 0 aromatic heterocycles. The van der Waals surface area contributed by atoms with Gasteiger partial charge < -0.3 is 0 Å². The largest absolute Gasteiger partial charge is 0.0914 e. The van der Waals surface area contributed by atoms with Crippen LogP contribution in [0.3, 0.4) is 0 Å². The molecule has 0 nitrogen and oxygen atoms in total. The molecular weight excluding hydrogens is 108 g/mol. The van der Waals surface area contributed by atoms with E-state index >= 15 is 0 Å². The maximum Gasteiger partial charge on any atom is -0.0262 e. The van der Waals surface area contributed by atoms with E-state index in [0.29, 0.717) is 0 Å². The Labute approximate surface area is 59.0 Å². The van der Waals surface area contributed by atoms with Gasteiger partial charge in [-0.2, -0.15) is 0 Å². The monoisotopic (exact) mass is 125 g/mol. The van der Waals surface area contributed by atoms with Gasteiger partial charge in [-0.15, -0.1) is 0 Å². The fourth-order valence-corrected chi connectivity index (χ4v) is 0.891. The van der Waals surface area contributed by atoms with Crippen LogP contribution in [0.5, 0.6) is 0 Å². The van der Waals surface area contributed by atoms with Gasteiger partial charge in [0.2, 0.25) is 0 Å². The first-order valence-corrected chi connectivity index (χ1v) is 3.73. The van der Waals surface area contributed by atoms with Crippen LogP contribution in [-0.4, -0.2) is 0 Å². The summed E-state index contributed by atoms with van der Waals surface area (Å²) < 4.78 is 0. The number of hydrogen-bond donors (Lipinski definition) is 0. The lowest BCUT2D eigenvalue weighted by Crippen LogP contribution is -1.87. The topological polar surface area (TPSA) is 0 Å². The van der Waals surface area contributed by atoms with Crippen LogP contribution in [0.4, 0.5) is 0 Å². The number of unbranched alkanes of at least 4 members (excludes halogenated alkanes) is 1. The molecule has 1 unspecified atom stereocenters. The quantitative estimate of drug-likeness (QED) is 0.506. The van der Waals surface area contributed by atoms with E-state index < -0.39 is 0 Å². The van der Waals surface area contributed by atoms with Crippen LogP contribution < -0.4 is 0 Å². The second kappa shape index (κ2) is 5.87. The average Bonchev–Trinajstić information content (AvgIpc) is 1.85. The van der Waals surface area contributed by atoms with Crippen molar-refractivity contribution in [2.75, 3.05) is 0 Å². The highest BCUT2D eigenvalue weighted by molar-refractivity contribution is 4.82. The van der Waals surface area contributed by atoms with E-state index in [9.17, 15) is 0 Å². The zero-order valence-electron chi connectivity index (χ0n) is 6.56. The average molecular weight is 125 g/mol. The van der Waals surface area contributed by atoms with Gasteiger partial charge in [0.15, 0.2) is 0 Å². The summed E-state index contributed by atoms with van der Waals surface area (Å²) in [6, 6.07) is 0. The second-order valence-electron chi connectivity index (χ2n) is 2.50. The predicted octanol–water partition coefficient (Wildman–Crippen LogP) is 3.20. The third-order valence-electron chi connectivity index (χ3n) is 1.43. The zero-order chi connectivity index (χ0) is 7.11. The van der Waals surface area contributed by atoms with Crippen LogP contribution in [0.25, 0.3) is 0 Å². The standard InChI is InChI=1S/C9H17/c1-4-6-8-9(3)7-5-2/h5,7,9H,1,4,6,8H2,2-3H3/b7-5+. The fraction of sp³-hybridized carbons (Fsp3) is 0.667. The lowest BCUT2D eigenvalue weighted by Gasteiger charge is -2.01. The Kier molecular flexibility index (Phi) is 5.70. The van der Waals surface area contributed by atoms with Gasteiger partial charge in [0.1, 0.15) is 0 Å². The van der Waals surface area contributed by atoms with Gasteiger partial charge in [0.25, 0.3) is 0 Å². The third kappa shape index (κ3) is 5.61. The fourth-order valence-electron chi connectivity index (χ4n) is 0.891. The number of hydrogen-bond acceptors (Lipinski definition) is 0. The van der Waals surface area contributed by atoms with Crippen LogP contribution in [0.2, 0.25) is 0 Å². The maximum absolute atomic E-state index is 3.79. The van der Waals surface area contributed by atoms with E-state index in [1.165, 1.54) is 12.8 Å². The maximum atomic E-state index is 3.79. The van der Waals surface area contributed by atoms with Crippen LogP contribution >= 0.6 is 0 Å². The molecule has 0 aromatic carbocycles. The van der Waals surface area contributed by atoms with Gasteiger partial charge >= 0.3 is 0 Å². The highest BCUT2D eigenvalue weighted by atomic mass is 14.0. The van der Waals surface area contributed by atoms with Gasteiger partial charge in [-0.25, -0.2) is 0 Å². The molecule has 0 aliphatic rings. The lowest BCUT2D eigenvalue weighted by atomic mass is 10.0. The summed E-state index contributed by atoms with van der Waals surface area (Å²) in [7, 11) is 0. The summed E-state index contributed by atoms with van der Waals surface area (Å²) in [4.78, 5) is 0. The molecule has 0 spiro atoms. The summed E-state index contributed by atoms with van der Waals surface area (Å²) in [6.07, 6.45) is 7.98. The van der Waals surface area contributed by atoms with E-state index in [4.69, 9.17) is 0 Å². The smallest absolute Gasteiger partial charge is 0.0262 e. The van der Waals surface area contributed by atoms with Crippen molar-refractivity contribution in [1.82, 2.24) is 0 Å². The first-order chi connectivity index (χ1) is 4.31. The van der Waals surface area contributed by atoms with Crippen LogP contribution in [0.1, 0.15) is 33.1 Å². The number of allylic oxidation sites excluding steroid dienone is 2. The first-order valence-electron chi connectivity index (χ1n) is 3.73. The van der Waals surface area contributed by atoms with Crippen molar-refractivity contribution in [1.29, 1.82) is 0 Å². The summed E-state index contributed by atoms with van der Waals surface area (Å²) in [5.74, 6) is 0.747. The predicted molar refractivity (Wildman–Crippen MR) is 43.2 cm³/mol. The molecule has 0 aliphatic carbocycles. The van der Waals surface area contributed by atoms with Crippen molar-refractivity contribution in [3.05, 3.63) is 19.1 Å².